The molecule has 2 heterocycles. The lowest BCUT2D eigenvalue weighted by Crippen LogP contribution is -2.66. The maximum Gasteiger partial charge on any atom is 0.455 e. The number of carbonyl (C=O) groups is 2. The number of phenolic OH excluding ortho intramolecular Hbond substituents is 1. The highest BCUT2D eigenvalue weighted by Crippen LogP contribution is 2.51. The molecule has 2 fully saturated rings. The quantitative estimate of drug-likeness (QED) is 0.0568. The summed E-state index contributed by atoms with van der Waals surface area (Å²) in [5.74, 6) is -1.42. The van der Waals surface area contributed by atoms with Gasteiger partial charge in [-0.05, 0) is 92.6 Å². The Morgan fingerprint density at radius 1 is 0.831 bits per heavy atom. The average molecular weight is 804 g/mol. The van der Waals surface area contributed by atoms with Crippen LogP contribution in [-0.4, -0.2) is 61.5 Å². The van der Waals surface area contributed by atoms with E-state index in [1.54, 1.807) is 6.07 Å². The van der Waals surface area contributed by atoms with E-state index >= 15 is 0 Å². The van der Waals surface area contributed by atoms with Crippen molar-refractivity contribution in [3.63, 3.8) is 0 Å². The highest BCUT2D eigenvalue weighted by molar-refractivity contribution is 6.99. The number of rotatable bonds is 12. The van der Waals surface area contributed by atoms with Crippen molar-refractivity contribution in [2.75, 3.05) is 13.2 Å². The van der Waals surface area contributed by atoms with E-state index in [1.165, 1.54) is 15.3 Å². The summed E-state index contributed by atoms with van der Waals surface area (Å²) in [5.41, 5.74) is 5.16. The van der Waals surface area contributed by atoms with Crippen LogP contribution >= 0.6 is 0 Å². The number of hydrogen-bond donors (Lipinski definition) is 2. The topological polar surface area (TPSA) is 96.3 Å². The number of imide groups is 1. The Balaban J connectivity index is 1.22. The Morgan fingerprint density at radius 2 is 1.44 bits per heavy atom. The number of allylic oxidation sites excluding steroid dienone is 1. The van der Waals surface area contributed by atoms with Gasteiger partial charge in [-0.25, -0.2) is 0 Å². The number of aromatic hydroxyl groups is 1. The molecule has 2 aliphatic heterocycles. The molecule has 0 bridgehead atoms. The molecular weight excluding hydrogens is 749 g/mol. The molecule has 2 saturated heterocycles. The largest absolute Gasteiger partial charge is 0.507 e. The average Bonchev–Trinajstić information content (AvgIpc) is 3.48. The first-order chi connectivity index (χ1) is 28.5. The molecule has 2 N–H and O–H groups in total. The normalized spacial score (nSPS) is 21.3. The van der Waals surface area contributed by atoms with Crippen molar-refractivity contribution in [3.05, 3.63) is 150 Å². The second kappa shape index (κ2) is 16.9. The van der Waals surface area contributed by atoms with Crippen LogP contribution in [0.15, 0.2) is 139 Å². The van der Waals surface area contributed by atoms with E-state index in [-0.39, 0.29) is 41.4 Å². The Hall–Kier alpha value is -5.06. The molecule has 3 aliphatic rings. The van der Waals surface area contributed by atoms with Gasteiger partial charge in [0.1, 0.15) is 5.75 Å². The Labute approximate surface area is 349 Å². The van der Waals surface area contributed by atoms with Crippen LogP contribution in [0.2, 0.25) is 11.4 Å². The molecule has 59 heavy (non-hydrogen) atoms. The standard InChI is InChI=1S/C50H54BNO6Si/c1-5-29-52-48(54)42-31-37(33-57-59(50(2,3)4,38-19-11-7-12-20-38)39-21-13-8-14-22-39)46-43(47(42)49(52)55)32-51(56)58-45(46)28-26-35(34-17-9-6-10-18-34)30-36-25-27-44(53)41-24-16-15-23-40(36)41/h6-25,27,30,42-43,45,47,53,56H,5,26,28-29,31-33H2,1-4H3/b35-30-/t42-,43+,45-,47-/m1/s1. The van der Waals surface area contributed by atoms with Gasteiger partial charge in [0.05, 0.1) is 24.5 Å². The summed E-state index contributed by atoms with van der Waals surface area (Å²) in [7, 11) is -4.06. The predicted molar refractivity (Wildman–Crippen MR) is 240 cm³/mol. The minimum Gasteiger partial charge on any atom is -0.507 e. The van der Waals surface area contributed by atoms with Crippen LogP contribution in [0.4, 0.5) is 0 Å². The summed E-state index contributed by atoms with van der Waals surface area (Å²) >= 11 is 0. The molecule has 8 rings (SSSR count). The molecule has 7 nitrogen and oxygen atoms in total. The van der Waals surface area contributed by atoms with Crippen molar-refractivity contribution in [1.29, 1.82) is 0 Å². The third kappa shape index (κ3) is 7.66. The Morgan fingerprint density at radius 3 is 2.07 bits per heavy atom. The van der Waals surface area contributed by atoms with Gasteiger partial charge in [0.2, 0.25) is 11.8 Å². The molecule has 9 heteroatoms. The van der Waals surface area contributed by atoms with Gasteiger partial charge in [0.25, 0.3) is 8.32 Å². The van der Waals surface area contributed by atoms with Gasteiger partial charge in [-0.1, -0.05) is 155 Å². The number of phenols is 1. The van der Waals surface area contributed by atoms with Crippen LogP contribution in [-0.2, 0) is 18.7 Å². The van der Waals surface area contributed by atoms with E-state index in [9.17, 15) is 19.7 Å². The smallest absolute Gasteiger partial charge is 0.455 e. The number of benzene rings is 5. The third-order valence-corrected chi connectivity index (χ3v) is 17.8. The van der Waals surface area contributed by atoms with Gasteiger partial charge in [-0.3, -0.25) is 14.5 Å². The third-order valence-electron chi connectivity index (χ3n) is 12.8. The molecule has 0 radical (unpaired) electrons. The van der Waals surface area contributed by atoms with E-state index in [2.05, 4.69) is 87.5 Å². The van der Waals surface area contributed by atoms with E-state index < -0.39 is 33.4 Å². The molecule has 2 amide bonds. The van der Waals surface area contributed by atoms with Crippen molar-refractivity contribution in [3.8, 4) is 5.75 Å². The molecular formula is C50H54BNO6Si. The minimum atomic E-state index is -2.98. The lowest BCUT2D eigenvalue weighted by atomic mass is 9.58. The van der Waals surface area contributed by atoms with Gasteiger partial charge in [-0.15, -0.1) is 0 Å². The summed E-state index contributed by atoms with van der Waals surface area (Å²) in [6, 6.07) is 42.9. The van der Waals surface area contributed by atoms with Crippen LogP contribution in [0.25, 0.3) is 22.4 Å². The first-order valence-corrected chi connectivity index (χ1v) is 23.0. The molecule has 0 saturated carbocycles. The van der Waals surface area contributed by atoms with Crippen molar-refractivity contribution < 1.29 is 28.8 Å². The first kappa shape index (κ1) is 40.7. The lowest BCUT2D eigenvalue weighted by Gasteiger charge is -2.46. The van der Waals surface area contributed by atoms with Crippen molar-refractivity contribution in [1.82, 2.24) is 4.90 Å². The SMILES string of the molecule is CCCN1C(=O)[C@@H]2[C@@H](CC(CO[Si](c3ccccc3)(c3ccccc3)C(C)(C)C)=C3[C@@H](CC/C(=C/c4ccc(O)c5ccccc45)c4ccccc4)OB(O)C[C@@H]32)C1=O. The minimum absolute atomic E-state index is 0.114. The number of hydrogen-bond acceptors (Lipinski definition) is 6. The number of likely N-dealkylation sites (tertiary alicyclic amines) is 1. The Kier molecular flexibility index (Phi) is 11.7. The molecule has 0 spiro atoms. The summed E-state index contributed by atoms with van der Waals surface area (Å²) in [6.07, 6.45) is 4.18. The molecule has 5 aromatic carbocycles. The molecule has 5 aromatic rings. The molecule has 1 aliphatic carbocycles. The van der Waals surface area contributed by atoms with Gasteiger partial charge in [0.15, 0.2) is 0 Å². The summed E-state index contributed by atoms with van der Waals surface area (Å²) in [5, 5.41) is 25.9. The van der Waals surface area contributed by atoms with E-state index in [0.29, 0.717) is 32.2 Å². The highest BCUT2D eigenvalue weighted by atomic mass is 28.4. The van der Waals surface area contributed by atoms with E-state index in [1.807, 2.05) is 67.6 Å². The number of amides is 2. The summed E-state index contributed by atoms with van der Waals surface area (Å²) in [4.78, 5) is 29.8. The molecule has 0 unspecified atom stereocenters. The Bertz CT molecular complexity index is 2340. The molecule has 302 valence electrons. The lowest BCUT2D eigenvalue weighted by molar-refractivity contribution is -0.140. The summed E-state index contributed by atoms with van der Waals surface area (Å²) in [6.45, 7) is 9.44. The summed E-state index contributed by atoms with van der Waals surface area (Å²) < 4.78 is 14.1. The zero-order valence-electron chi connectivity index (χ0n) is 34.5. The van der Waals surface area contributed by atoms with E-state index in [4.69, 9.17) is 9.08 Å². The maximum absolute atomic E-state index is 14.2. The van der Waals surface area contributed by atoms with Crippen LogP contribution < -0.4 is 10.4 Å². The van der Waals surface area contributed by atoms with Crippen molar-refractivity contribution in [2.24, 2.45) is 17.8 Å². The zero-order chi connectivity index (χ0) is 41.3. The van der Waals surface area contributed by atoms with Gasteiger partial charge < -0.3 is 19.2 Å². The molecule has 0 aromatic heterocycles. The van der Waals surface area contributed by atoms with Gasteiger partial charge >= 0.3 is 7.12 Å². The fourth-order valence-corrected chi connectivity index (χ4v) is 14.8. The van der Waals surface area contributed by atoms with Crippen LogP contribution in [0.1, 0.15) is 64.5 Å². The zero-order valence-corrected chi connectivity index (χ0v) is 35.5. The monoisotopic (exact) mass is 803 g/mol. The highest BCUT2D eigenvalue weighted by Gasteiger charge is 2.58. The molecule has 4 atom stereocenters. The fraction of sp³-hybridized carbons (Fsp3) is 0.320. The second-order valence-corrected chi connectivity index (χ2v) is 21.7. The van der Waals surface area contributed by atoms with E-state index in [0.717, 1.165) is 38.6 Å². The van der Waals surface area contributed by atoms with Gasteiger partial charge in [0, 0.05) is 11.9 Å². The van der Waals surface area contributed by atoms with Crippen LogP contribution in [0.3, 0.4) is 0 Å². The predicted octanol–water partition coefficient (Wildman–Crippen LogP) is 8.65. The van der Waals surface area contributed by atoms with Gasteiger partial charge in [-0.2, -0.15) is 0 Å². The van der Waals surface area contributed by atoms with Crippen molar-refractivity contribution in [2.45, 2.75) is 70.8 Å². The maximum atomic E-state index is 14.2. The fourth-order valence-electron chi connectivity index (χ4n) is 10.2. The number of nitrogens with zero attached hydrogens (tertiary/aromatic N) is 1. The first-order valence-electron chi connectivity index (χ1n) is 21.1. The van der Waals surface area contributed by atoms with Crippen molar-refractivity contribution >= 4 is 60.0 Å². The number of carbonyl (C=O) groups excluding carboxylic acids is 2. The van der Waals surface area contributed by atoms with Crippen LogP contribution in [0, 0.1) is 17.8 Å². The second-order valence-electron chi connectivity index (χ2n) is 17.4. The number of fused-ring (bicyclic) bond motifs is 4. The van der Waals surface area contributed by atoms with Crippen LogP contribution in [0.5, 0.6) is 5.75 Å².